The molecular formula is C14H15F3N2. The van der Waals surface area contributed by atoms with Crippen molar-refractivity contribution in [3.05, 3.63) is 34.8 Å². The Hall–Kier alpha value is -1.49. The molecule has 19 heavy (non-hydrogen) atoms. The number of nitrogens with one attached hydrogen (secondary N) is 1. The minimum Gasteiger partial charge on any atom is -0.358 e. The fraction of sp³-hybridized carbons (Fsp3) is 0.429. The van der Waals surface area contributed by atoms with E-state index >= 15 is 0 Å². The summed E-state index contributed by atoms with van der Waals surface area (Å²) in [5.74, 6) is -3.63. The summed E-state index contributed by atoms with van der Waals surface area (Å²) in [6, 6.07) is 1.37. The minimum atomic E-state index is -1.39. The summed E-state index contributed by atoms with van der Waals surface area (Å²) in [5.41, 5.74) is 1.98. The molecule has 2 heterocycles. The summed E-state index contributed by atoms with van der Waals surface area (Å²) in [7, 11) is 0. The lowest BCUT2D eigenvalue weighted by molar-refractivity contribution is 0.203. The van der Waals surface area contributed by atoms with Crippen molar-refractivity contribution in [2.24, 2.45) is 0 Å². The van der Waals surface area contributed by atoms with Crippen LogP contribution in [0.4, 0.5) is 13.2 Å². The van der Waals surface area contributed by atoms with E-state index in [1.54, 1.807) is 0 Å². The molecule has 0 atom stereocenters. The van der Waals surface area contributed by atoms with E-state index in [1.165, 1.54) is 0 Å². The third-order valence-corrected chi connectivity index (χ3v) is 3.85. The molecule has 2 aromatic rings. The van der Waals surface area contributed by atoms with Crippen molar-refractivity contribution in [2.45, 2.75) is 32.9 Å². The SMILES string of the molecule is CC(C)N1CCc2[nH]c3cc(F)c(F)c(F)c3c2C1. The number of hydrogen-bond acceptors (Lipinski definition) is 1. The van der Waals surface area contributed by atoms with Gasteiger partial charge in [0.05, 0.1) is 5.52 Å². The minimum absolute atomic E-state index is 0.194. The zero-order valence-electron chi connectivity index (χ0n) is 10.9. The third-order valence-electron chi connectivity index (χ3n) is 3.85. The van der Waals surface area contributed by atoms with E-state index in [9.17, 15) is 13.2 Å². The van der Waals surface area contributed by atoms with Crippen LogP contribution in [0.5, 0.6) is 0 Å². The summed E-state index contributed by atoms with van der Waals surface area (Å²) in [6.45, 7) is 5.56. The molecule has 0 saturated carbocycles. The summed E-state index contributed by atoms with van der Waals surface area (Å²) < 4.78 is 40.6. The van der Waals surface area contributed by atoms with Crippen molar-refractivity contribution < 1.29 is 13.2 Å². The van der Waals surface area contributed by atoms with Crippen molar-refractivity contribution in [3.8, 4) is 0 Å². The largest absolute Gasteiger partial charge is 0.358 e. The summed E-state index contributed by atoms with van der Waals surface area (Å²) in [4.78, 5) is 5.20. The van der Waals surface area contributed by atoms with Crippen LogP contribution >= 0.6 is 0 Å². The predicted molar refractivity (Wildman–Crippen MR) is 67.4 cm³/mol. The molecule has 0 amide bonds. The first kappa shape index (κ1) is 12.5. The van der Waals surface area contributed by atoms with Gasteiger partial charge in [-0.25, -0.2) is 13.2 Å². The van der Waals surface area contributed by atoms with Gasteiger partial charge in [0.15, 0.2) is 17.5 Å². The Morgan fingerprint density at radius 2 is 1.95 bits per heavy atom. The van der Waals surface area contributed by atoms with Crippen molar-refractivity contribution in [1.29, 1.82) is 0 Å². The van der Waals surface area contributed by atoms with Gasteiger partial charge in [0.2, 0.25) is 0 Å². The monoisotopic (exact) mass is 268 g/mol. The summed E-state index contributed by atoms with van der Waals surface area (Å²) in [6.07, 6.45) is 0.741. The molecule has 5 heteroatoms. The first-order valence-corrected chi connectivity index (χ1v) is 6.40. The molecule has 1 aromatic heterocycles. The molecule has 1 aliphatic rings. The molecule has 0 spiro atoms. The molecule has 102 valence electrons. The van der Waals surface area contributed by atoms with Crippen molar-refractivity contribution in [3.63, 3.8) is 0 Å². The zero-order valence-corrected chi connectivity index (χ0v) is 10.9. The second-order valence-electron chi connectivity index (χ2n) is 5.31. The number of H-pyrrole nitrogens is 1. The molecule has 0 unspecified atom stereocenters. The van der Waals surface area contributed by atoms with Gasteiger partial charge in [-0.1, -0.05) is 0 Å². The van der Waals surface area contributed by atoms with Crippen LogP contribution < -0.4 is 0 Å². The maximum Gasteiger partial charge on any atom is 0.195 e. The molecule has 0 radical (unpaired) electrons. The first-order valence-electron chi connectivity index (χ1n) is 6.40. The highest BCUT2D eigenvalue weighted by molar-refractivity contribution is 5.85. The number of aromatic amines is 1. The van der Waals surface area contributed by atoms with E-state index in [-0.39, 0.29) is 5.39 Å². The van der Waals surface area contributed by atoms with E-state index in [0.717, 1.165) is 30.3 Å². The van der Waals surface area contributed by atoms with Gasteiger partial charge in [-0.3, -0.25) is 4.90 Å². The Kier molecular flexibility index (Phi) is 2.82. The van der Waals surface area contributed by atoms with Gasteiger partial charge in [0.25, 0.3) is 0 Å². The summed E-state index contributed by atoms with van der Waals surface area (Å²) >= 11 is 0. The molecule has 2 nitrogen and oxygen atoms in total. The topological polar surface area (TPSA) is 19.0 Å². The Labute approximate surface area is 109 Å². The Morgan fingerprint density at radius 3 is 2.63 bits per heavy atom. The van der Waals surface area contributed by atoms with E-state index in [0.29, 0.717) is 18.1 Å². The fourth-order valence-electron chi connectivity index (χ4n) is 2.74. The number of benzene rings is 1. The Bertz CT molecular complexity index is 646. The Morgan fingerprint density at radius 1 is 1.21 bits per heavy atom. The van der Waals surface area contributed by atoms with Gasteiger partial charge in [0.1, 0.15) is 0 Å². The second kappa shape index (κ2) is 4.27. The molecule has 0 aliphatic carbocycles. The van der Waals surface area contributed by atoms with Crippen LogP contribution in [0, 0.1) is 17.5 Å². The fourth-order valence-corrected chi connectivity index (χ4v) is 2.74. The maximum absolute atomic E-state index is 14.0. The summed E-state index contributed by atoms with van der Waals surface area (Å²) in [5, 5.41) is 0.194. The van der Waals surface area contributed by atoms with Crippen LogP contribution in [0.1, 0.15) is 25.1 Å². The van der Waals surface area contributed by atoms with Crippen LogP contribution in [0.25, 0.3) is 10.9 Å². The molecule has 0 bridgehead atoms. The standard InChI is InChI=1S/C14H15F3N2/c1-7(2)19-4-3-10-8(6-19)12-11(18-10)5-9(15)13(16)14(12)17/h5,7,18H,3-4,6H2,1-2H3. The molecule has 1 aromatic carbocycles. The highest BCUT2D eigenvalue weighted by Crippen LogP contribution is 2.32. The highest BCUT2D eigenvalue weighted by Gasteiger charge is 2.26. The third kappa shape index (κ3) is 1.84. The molecule has 1 N–H and O–H groups in total. The van der Waals surface area contributed by atoms with Gasteiger partial charge in [-0.2, -0.15) is 0 Å². The quantitative estimate of drug-likeness (QED) is 0.786. The van der Waals surface area contributed by atoms with Gasteiger partial charge >= 0.3 is 0 Å². The van der Waals surface area contributed by atoms with Crippen LogP contribution in [-0.2, 0) is 13.0 Å². The average molecular weight is 268 g/mol. The normalized spacial score (nSPS) is 16.3. The molecule has 0 fully saturated rings. The number of fused-ring (bicyclic) bond motifs is 3. The smallest absolute Gasteiger partial charge is 0.195 e. The molecular weight excluding hydrogens is 253 g/mol. The van der Waals surface area contributed by atoms with Crippen LogP contribution in [0.3, 0.4) is 0 Å². The van der Waals surface area contributed by atoms with E-state index < -0.39 is 17.5 Å². The maximum atomic E-state index is 14.0. The first-order chi connectivity index (χ1) is 8.99. The van der Waals surface area contributed by atoms with E-state index in [2.05, 4.69) is 23.7 Å². The predicted octanol–water partition coefficient (Wildman–Crippen LogP) is 3.35. The average Bonchev–Trinajstić information content (AvgIpc) is 2.72. The van der Waals surface area contributed by atoms with Crippen molar-refractivity contribution >= 4 is 10.9 Å². The Balaban J connectivity index is 2.20. The second-order valence-corrected chi connectivity index (χ2v) is 5.31. The highest BCUT2D eigenvalue weighted by atomic mass is 19.2. The number of aromatic nitrogens is 1. The van der Waals surface area contributed by atoms with Crippen molar-refractivity contribution in [1.82, 2.24) is 9.88 Å². The van der Waals surface area contributed by atoms with Crippen LogP contribution in [-0.4, -0.2) is 22.5 Å². The van der Waals surface area contributed by atoms with Crippen LogP contribution in [0.15, 0.2) is 6.07 Å². The lowest BCUT2D eigenvalue weighted by Crippen LogP contribution is -2.35. The van der Waals surface area contributed by atoms with Gasteiger partial charge in [-0.05, 0) is 19.4 Å². The van der Waals surface area contributed by atoms with Gasteiger partial charge in [-0.15, -0.1) is 0 Å². The number of rotatable bonds is 1. The van der Waals surface area contributed by atoms with E-state index in [1.807, 2.05) is 0 Å². The van der Waals surface area contributed by atoms with E-state index in [4.69, 9.17) is 0 Å². The van der Waals surface area contributed by atoms with Gasteiger partial charge < -0.3 is 4.98 Å². The number of halogens is 3. The lowest BCUT2D eigenvalue weighted by Gasteiger charge is -2.30. The molecule has 1 aliphatic heterocycles. The molecule has 0 saturated heterocycles. The van der Waals surface area contributed by atoms with Crippen LogP contribution in [0.2, 0.25) is 0 Å². The van der Waals surface area contributed by atoms with Crippen molar-refractivity contribution in [2.75, 3.05) is 6.54 Å². The lowest BCUT2D eigenvalue weighted by atomic mass is 10.0. The number of nitrogens with zero attached hydrogens (tertiary/aromatic N) is 1. The molecule has 3 rings (SSSR count). The van der Waals surface area contributed by atoms with Gasteiger partial charge in [0, 0.05) is 42.7 Å². The zero-order chi connectivity index (χ0) is 13.7. The number of hydrogen-bond donors (Lipinski definition) is 1.